The fraction of sp³-hybridized carbons (Fsp3) is 0.0769. The van der Waals surface area contributed by atoms with Crippen LogP contribution in [-0.4, -0.2) is 10.9 Å². The summed E-state index contributed by atoms with van der Waals surface area (Å²) in [6, 6.07) is 6.68. The van der Waals surface area contributed by atoms with Gasteiger partial charge in [0.2, 0.25) is 0 Å². The molecule has 3 N–H and O–H groups in total. The molecule has 0 aliphatic rings. The van der Waals surface area contributed by atoms with Crippen LogP contribution in [0.15, 0.2) is 36.7 Å². The van der Waals surface area contributed by atoms with Crippen molar-refractivity contribution in [1.82, 2.24) is 4.98 Å². The van der Waals surface area contributed by atoms with Gasteiger partial charge in [-0.3, -0.25) is 9.78 Å². The number of amides is 1. The standard InChI is InChI=1S/C13H12ClN3O/c1-8-4-9(7-16-6-8)13(18)17-12-3-2-10(14)5-11(12)15/h2-7H,15H2,1H3,(H,17,18). The van der Waals surface area contributed by atoms with E-state index < -0.39 is 0 Å². The molecule has 0 radical (unpaired) electrons. The van der Waals surface area contributed by atoms with Crippen molar-refractivity contribution < 1.29 is 4.79 Å². The second-order valence-corrected chi connectivity index (χ2v) is 4.37. The van der Waals surface area contributed by atoms with Gasteiger partial charge in [-0.2, -0.15) is 0 Å². The molecule has 5 heteroatoms. The first-order valence-electron chi connectivity index (χ1n) is 5.34. The van der Waals surface area contributed by atoms with Gasteiger partial charge >= 0.3 is 0 Å². The summed E-state index contributed by atoms with van der Waals surface area (Å²) in [5.74, 6) is -0.250. The van der Waals surface area contributed by atoms with E-state index in [-0.39, 0.29) is 5.91 Å². The van der Waals surface area contributed by atoms with Crippen LogP contribution in [0.25, 0.3) is 0 Å². The zero-order chi connectivity index (χ0) is 13.1. The molecule has 0 atom stereocenters. The molecule has 0 fully saturated rings. The summed E-state index contributed by atoms with van der Waals surface area (Å²) < 4.78 is 0. The second kappa shape index (κ2) is 5.06. The quantitative estimate of drug-likeness (QED) is 0.817. The maximum Gasteiger partial charge on any atom is 0.257 e. The topological polar surface area (TPSA) is 68.0 Å². The van der Waals surface area contributed by atoms with Crippen molar-refractivity contribution in [1.29, 1.82) is 0 Å². The fourth-order valence-electron chi connectivity index (χ4n) is 1.52. The van der Waals surface area contributed by atoms with Crippen LogP contribution in [0.2, 0.25) is 5.02 Å². The molecule has 0 bridgehead atoms. The number of nitrogens with one attached hydrogen (secondary N) is 1. The SMILES string of the molecule is Cc1cncc(C(=O)Nc2ccc(Cl)cc2N)c1. The Morgan fingerprint density at radius 3 is 2.78 bits per heavy atom. The predicted octanol–water partition coefficient (Wildman–Crippen LogP) is 2.88. The molecule has 0 saturated heterocycles. The molecule has 2 rings (SSSR count). The Balaban J connectivity index is 2.21. The second-order valence-electron chi connectivity index (χ2n) is 3.94. The first-order valence-corrected chi connectivity index (χ1v) is 5.72. The number of aryl methyl sites for hydroxylation is 1. The van der Waals surface area contributed by atoms with Gasteiger partial charge in [0.1, 0.15) is 0 Å². The molecule has 1 heterocycles. The maximum atomic E-state index is 12.0. The number of rotatable bonds is 2. The van der Waals surface area contributed by atoms with E-state index in [1.165, 1.54) is 6.20 Å². The van der Waals surface area contributed by atoms with Crippen LogP contribution < -0.4 is 11.1 Å². The molecule has 0 spiro atoms. The average Bonchev–Trinajstić information content (AvgIpc) is 2.32. The number of aromatic nitrogens is 1. The van der Waals surface area contributed by atoms with Gasteiger partial charge in [-0.15, -0.1) is 0 Å². The lowest BCUT2D eigenvalue weighted by atomic mass is 10.2. The van der Waals surface area contributed by atoms with Gasteiger partial charge in [-0.1, -0.05) is 11.6 Å². The number of hydrogen-bond donors (Lipinski definition) is 2. The van der Waals surface area contributed by atoms with Crippen LogP contribution in [0.4, 0.5) is 11.4 Å². The highest BCUT2D eigenvalue weighted by Crippen LogP contribution is 2.23. The van der Waals surface area contributed by atoms with Crippen LogP contribution in [0.1, 0.15) is 15.9 Å². The molecule has 1 aromatic carbocycles. The average molecular weight is 262 g/mol. The van der Waals surface area contributed by atoms with E-state index in [4.69, 9.17) is 17.3 Å². The van der Waals surface area contributed by atoms with Crippen LogP contribution >= 0.6 is 11.6 Å². The molecular weight excluding hydrogens is 250 g/mol. The third-order valence-electron chi connectivity index (χ3n) is 2.40. The van der Waals surface area contributed by atoms with Crippen LogP contribution in [0.5, 0.6) is 0 Å². The van der Waals surface area contributed by atoms with Gasteiger partial charge in [0.05, 0.1) is 16.9 Å². The molecule has 2 aromatic rings. The van der Waals surface area contributed by atoms with E-state index in [0.29, 0.717) is 22.0 Å². The van der Waals surface area contributed by atoms with Gasteiger partial charge in [-0.05, 0) is 36.8 Å². The third kappa shape index (κ3) is 2.78. The summed E-state index contributed by atoms with van der Waals surface area (Å²) in [4.78, 5) is 15.9. The molecule has 0 unspecified atom stereocenters. The molecule has 92 valence electrons. The number of benzene rings is 1. The normalized spacial score (nSPS) is 10.1. The van der Waals surface area contributed by atoms with Gasteiger partial charge in [-0.25, -0.2) is 0 Å². The van der Waals surface area contributed by atoms with Crippen molar-refractivity contribution in [3.8, 4) is 0 Å². The lowest BCUT2D eigenvalue weighted by Gasteiger charge is -2.08. The smallest absolute Gasteiger partial charge is 0.257 e. The first-order chi connectivity index (χ1) is 8.56. The van der Waals surface area contributed by atoms with Gasteiger partial charge < -0.3 is 11.1 Å². The van der Waals surface area contributed by atoms with Crippen molar-refractivity contribution in [2.24, 2.45) is 0 Å². The summed E-state index contributed by atoms with van der Waals surface area (Å²) >= 11 is 5.79. The summed E-state index contributed by atoms with van der Waals surface area (Å²) in [5.41, 5.74) is 8.14. The molecule has 0 aliphatic heterocycles. The van der Waals surface area contributed by atoms with Crippen LogP contribution in [0, 0.1) is 6.92 Å². The summed E-state index contributed by atoms with van der Waals surface area (Å²) in [6.45, 7) is 1.88. The number of halogens is 1. The van der Waals surface area contributed by atoms with E-state index in [1.54, 1.807) is 30.5 Å². The Kier molecular flexibility index (Phi) is 3.48. The number of carbonyl (C=O) groups excluding carboxylic acids is 1. The first kappa shape index (κ1) is 12.4. The Hall–Kier alpha value is -2.07. The van der Waals surface area contributed by atoms with Crippen molar-refractivity contribution >= 4 is 28.9 Å². The number of hydrogen-bond acceptors (Lipinski definition) is 3. The lowest BCUT2D eigenvalue weighted by Crippen LogP contribution is -2.13. The molecule has 18 heavy (non-hydrogen) atoms. The number of nitrogens with zero attached hydrogens (tertiary/aromatic N) is 1. The Morgan fingerprint density at radius 1 is 1.33 bits per heavy atom. The number of nitrogen functional groups attached to an aromatic ring is 1. The highest BCUT2D eigenvalue weighted by atomic mass is 35.5. The van der Waals surface area contributed by atoms with Crippen molar-refractivity contribution in [3.05, 3.63) is 52.8 Å². The predicted molar refractivity (Wildman–Crippen MR) is 72.8 cm³/mol. The molecular formula is C13H12ClN3O. The van der Waals surface area contributed by atoms with Crippen LogP contribution in [-0.2, 0) is 0 Å². The largest absolute Gasteiger partial charge is 0.397 e. The number of carbonyl (C=O) groups is 1. The van der Waals surface area contributed by atoms with E-state index >= 15 is 0 Å². The lowest BCUT2D eigenvalue weighted by molar-refractivity contribution is 0.102. The number of nitrogens with two attached hydrogens (primary N) is 1. The van der Waals surface area contributed by atoms with E-state index in [0.717, 1.165) is 5.56 Å². The van der Waals surface area contributed by atoms with E-state index in [2.05, 4.69) is 10.3 Å². The van der Waals surface area contributed by atoms with Gasteiger partial charge in [0.25, 0.3) is 5.91 Å². The van der Waals surface area contributed by atoms with Crippen molar-refractivity contribution in [2.45, 2.75) is 6.92 Å². The molecule has 1 amide bonds. The Bertz CT molecular complexity index is 599. The molecule has 1 aromatic heterocycles. The zero-order valence-electron chi connectivity index (χ0n) is 9.77. The van der Waals surface area contributed by atoms with Crippen LogP contribution in [0.3, 0.4) is 0 Å². The fourth-order valence-corrected chi connectivity index (χ4v) is 1.70. The summed E-state index contributed by atoms with van der Waals surface area (Å²) in [5, 5.41) is 3.25. The molecule has 0 saturated carbocycles. The minimum atomic E-state index is -0.250. The molecule has 0 aliphatic carbocycles. The Labute approximate surface area is 110 Å². The maximum absolute atomic E-state index is 12.0. The highest BCUT2D eigenvalue weighted by molar-refractivity contribution is 6.31. The van der Waals surface area contributed by atoms with Crippen molar-refractivity contribution in [3.63, 3.8) is 0 Å². The van der Waals surface area contributed by atoms with E-state index in [9.17, 15) is 4.79 Å². The highest BCUT2D eigenvalue weighted by Gasteiger charge is 2.08. The zero-order valence-corrected chi connectivity index (χ0v) is 10.5. The van der Waals surface area contributed by atoms with Gasteiger partial charge in [0, 0.05) is 17.4 Å². The number of pyridine rings is 1. The minimum absolute atomic E-state index is 0.250. The third-order valence-corrected chi connectivity index (χ3v) is 2.63. The summed E-state index contributed by atoms with van der Waals surface area (Å²) in [7, 11) is 0. The van der Waals surface area contributed by atoms with E-state index in [1.807, 2.05) is 6.92 Å². The molecule has 4 nitrogen and oxygen atoms in total. The van der Waals surface area contributed by atoms with Crippen molar-refractivity contribution in [2.75, 3.05) is 11.1 Å². The van der Waals surface area contributed by atoms with Gasteiger partial charge in [0.15, 0.2) is 0 Å². The summed E-state index contributed by atoms with van der Waals surface area (Å²) in [6.07, 6.45) is 3.20. The Morgan fingerprint density at radius 2 is 2.11 bits per heavy atom. The number of anilines is 2. The minimum Gasteiger partial charge on any atom is -0.397 e. The monoisotopic (exact) mass is 261 g/mol.